The molecule has 6 heterocycles. The summed E-state index contributed by atoms with van der Waals surface area (Å²) in [6.07, 6.45) is 10.7. The zero-order valence-electron chi connectivity index (χ0n) is 77.0. The second kappa shape index (κ2) is 34.4. The van der Waals surface area contributed by atoms with E-state index >= 15 is 0 Å². The van der Waals surface area contributed by atoms with Crippen molar-refractivity contribution < 1.29 is 13.3 Å². The zero-order chi connectivity index (χ0) is 93.8. The van der Waals surface area contributed by atoms with Gasteiger partial charge in [0.2, 0.25) is 0 Å². The number of furan rings is 3. The minimum Gasteiger partial charge on any atom is -0.455 e. The standard InChI is InChI=1S/C52H32N2O.C46H28N2O.C35H22N2O/c1-4-14-33(15-5-1)37-29-44(35-18-8-3-9-19-35)51-47(31-37)48-32-38(34-16-6-2-7-17-34)30-46(52(48)55-51)40-21-11-10-20-39(40)36-24-25-43-45(28-36)41-22-12-13-23-42(41)49-50(43)54-27-26-53-49;1-3-11-29(12-4-1)31-20-22-43-40(25-31)42-28-33(30-13-5-2-6-14-30)27-41(46(42)49-43)35-16-8-7-15-34(35)32-19-21-38-39(26-32)36-17-9-10-18-37(36)44-45(38)48-24-23-47-44;1-21-8-6-13-29-30-15-7-14-28(35(30)38-34(21)29)24-10-3-2-9-23(24)22-16-17-27-31(20-22)25-11-4-5-12-26(25)32-33(27)37-19-18-36-32/h1-32H;1-28H;2-20H,1H3. The van der Waals surface area contributed by atoms with Crippen molar-refractivity contribution >= 4 is 164 Å². The maximum atomic E-state index is 7.16. The molecule has 0 aliphatic rings. The monoisotopic (exact) mass is 1810 g/mol. The van der Waals surface area contributed by atoms with Gasteiger partial charge in [-0.05, 0) is 212 Å². The Morgan fingerprint density at radius 2 is 0.394 bits per heavy atom. The number of nitrogens with zero attached hydrogens (tertiary/aromatic N) is 6. The molecule has 662 valence electrons. The Labute approximate surface area is 815 Å². The van der Waals surface area contributed by atoms with Crippen LogP contribution in [0.4, 0.5) is 0 Å². The van der Waals surface area contributed by atoms with Crippen molar-refractivity contribution in [1.82, 2.24) is 29.9 Å². The first-order chi connectivity index (χ1) is 70.4. The van der Waals surface area contributed by atoms with Crippen molar-refractivity contribution in [2.24, 2.45) is 0 Å². The van der Waals surface area contributed by atoms with E-state index in [0.29, 0.717) is 0 Å². The summed E-state index contributed by atoms with van der Waals surface area (Å²) in [7, 11) is 0. The first-order valence-corrected chi connectivity index (χ1v) is 48.0. The first-order valence-electron chi connectivity index (χ1n) is 48.0. The molecule has 0 fully saturated rings. The molecule has 0 aliphatic carbocycles. The average molecular weight is 1810 g/mol. The highest BCUT2D eigenvalue weighted by molar-refractivity contribution is 6.28. The number of para-hydroxylation sites is 2. The summed E-state index contributed by atoms with van der Waals surface area (Å²) in [5, 5.41) is 20.4. The number of fused-ring (bicyclic) bond motifs is 27. The molecule has 0 bridgehead atoms. The van der Waals surface area contributed by atoms with Crippen LogP contribution in [0.1, 0.15) is 5.56 Å². The molecule has 0 saturated heterocycles. The van der Waals surface area contributed by atoms with Gasteiger partial charge in [0.05, 0.1) is 33.1 Å². The van der Waals surface area contributed by atoms with E-state index in [0.717, 1.165) is 242 Å². The maximum absolute atomic E-state index is 7.16. The Bertz CT molecular complexity index is 10000. The Balaban J connectivity index is 0.000000108. The van der Waals surface area contributed by atoms with Crippen LogP contribution in [0.25, 0.3) is 286 Å². The summed E-state index contributed by atoms with van der Waals surface area (Å²) in [6, 6.07) is 158. The molecule has 29 rings (SSSR count). The van der Waals surface area contributed by atoms with Crippen molar-refractivity contribution in [3.8, 4) is 122 Å². The van der Waals surface area contributed by atoms with E-state index in [1.54, 1.807) is 37.2 Å². The normalized spacial score (nSPS) is 11.7. The molecule has 9 nitrogen and oxygen atoms in total. The maximum Gasteiger partial charge on any atom is 0.143 e. The molecule has 142 heavy (non-hydrogen) atoms. The highest BCUT2D eigenvalue weighted by Gasteiger charge is 2.27. The SMILES string of the molecule is Cc1cccc2c1oc1c(-c3ccccc3-c3ccc4c(c3)c3ccccc3c3nccnc43)cccc12.c1ccc(-c2cc(-c3ccccc3)c3oc4c(-c5ccccc5-c5ccc6c(c5)c5ccccc5c5nccnc65)cc(-c5ccccc5)cc4c3c2)cc1.c1ccc(-c2ccc3oc4c(-c5ccccc5-c5ccc6c(c5)c5ccccc5c5nccnc65)cc(-c5ccccc5)cc4c3c2)cc1. The number of hydrogen-bond acceptors (Lipinski definition) is 9. The summed E-state index contributed by atoms with van der Waals surface area (Å²) < 4.78 is 20.4. The third-order valence-corrected chi connectivity index (χ3v) is 28.4. The minimum absolute atomic E-state index is 0.872. The molecular formula is C133H82N6O3. The van der Waals surface area contributed by atoms with Crippen molar-refractivity contribution in [2.45, 2.75) is 6.92 Å². The van der Waals surface area contributed by atoms with E-state index in [4.69, 9.17) is 38.2 Å². The lowest BCUT2D eigenvalue weighted by Crippen LogP contribution is -1.90. The van der Waals surface area contributed by atoms with Gasteiger partial charge in [-0.3, -0.25) is 29.9 Å². The van der Waals surface area contributed by atoms with Gasteiger partial charge in [-0.15, -0.1) is 0 Å². The van der Waals surface area contributed by atoms with Gasteiger partial charge in [0.1, 0.15) is 33.5 Å². The lowest BCUT2D eigenvalue weighted by Gasteiger charge is -2.15. The van der Waals surface area contributed by atoms with E-state index in [1.807, 2.05) is 0 Å². The second-order valence-corrected chi connectivity index (χ2v) is 36.5. The Morgan fingerprint density at radius 3 is 0.803 bits per heavy atom. The highest BCUT2D eigenvalue weighted by atomic mass is 16.3. The molecule has 0 amide bonds. The number of benzene rings is 23. The molecule has 0 radical (unpaired) electrons. The van der Waals surface area contributed by atoms with Gasteiger partial charge in [-0.25, -0.2) is 0 Å². The van der Waals surface area contributed by atoms with Crippen molar-refractivity contribution in [1.29, 1.82) is 0 Å². The van der Waals surface area contributed by atoms with Crippen LogP contribution in [0.5, 0.6) is 0 Å². The molecule has 9 heteroatoms. The van der Waals surface area contributed by atoms with Gasteiger partial charge in [-0.1, -0.05) is 376 Å². The molecular weight excluding hydrogens is 1730 g/mol. The van der Waals surface area contributed by atoms with Crippen molar-refractivity contribution in [2.75, 3.05) is 0 Å². The Hall–Kier alpha value is -19.0. The van der Waals surface area contributed by atoms with E-state index in [-0.39, 0.29) is 0 Å². The number of aryl methyl sites for hydroxylation is 1. The van der Waals surface area contributed by atoms with Gasteiger partial charge < -0.3 is 13.3 Å². The van der Waals surface area contributed by atoms with Crippen molar-refractivity contribution in [3.05, 3.63) is 486 Å². The summed E-state index contributed by atoms with van der Waals surface area (Å²) in [5.74, 6) is 0. The van der Waals surface area contributed by atoms with Gasteiger partial charge >= 0.3 is 0 Å². The number of aromatic nitrogens is 6. The fourth-order valence-electron chi connectivity index (χ4n) is 21.8. The van der Waals surface area contributed by atoms with Crippen LogP contribution < -0.4 is 0 Å². The fraction of sp³-hybridized carbons (Fsp3) is 0.00752. The predicted octanol–water partition coefficient (Wildman–Crippen LogP) is 36.2. The molecule has 0 unspecified atom stereocenters. The van der Waals surface area contributed by atoms with E-state index in [2.05, 4.69) is 455 Å². The lowest BCUT2D eigenvalue weighted by atomic mass is 9.89. The molecule has 0 saturated carbocycles. The van der Waals surface area contributed by atoms with Gasteiger partial charge in [0.15, 0.2) is 0 Å². The van der Waals surface area contributed by atoms with Crippen LogP contribution in [0.15, 0.2) is 493 Å². The topological polar surface area (TPSA) is 117 Å². The summed E-state index contributed by atoms with van der Waals surface area (Å²) in [5.41, 5.74) is 37.1. The smallest absolute Gasteiger partial charge is 0.143 e. The third-order valence-electron chi connectivity index (χ3n) is 28.4. The van der Waals surface area contributed by atoms with Crippen LogP contribution in [0, 0.1) is 6.92 Å². The molecule has 29 aromatic rings. The van der Waals surface area contributed by atoms with Crippen molar-refractivity contribution in [3.63, 3.8) is 0 Å². The number of rotatable bonds is 11. The van der Waals surface area contributed by atoms with Crippen LogP contribution >= 0.6 is 0 Å². The van der Waals surface area contributed by atoms with Crippen LogP contribution in [0.3, 0.4) is 0 Å². The van der Waals surface area contributed by atoms with E-state index < -0.39 is 0 Å². The van der Waals surface area contributed by atoms with E-state index in [1.165, 1.54) is 49.4 Å². The molecule has 0 atom stereocenters. The van der Waals surface area contributed by atoms with Gasteiger partial charge in [0, 0.05) is 124 Å². The fourth-order valence-corrected chi connectivity index (χ4v) is 21.8. The quantitative estimate of drug-likeness (QED) is 0.117. The molecule has 0 aliphatic heterocycles. The Kier molecular flexibility index (Phi) is 20.0. The van der Waals surface area contributed by atoms with Crippen LogP contribution in [0.2, 0.25) is 0 Å². The molecule has 6 aromatic heterocycles. The minimum atomic E-state index is 0.872. The van der Waals surface area contributed by atoms with Crippen LogP contribution in [-0.4, -0.2) is 29.9 Å². The van der Waals surface area contributed by atoms with Gasteiger partial charge in [0.25, 0.3) is 0 Å². The van der Waals surface area contributed by atoms with Gasteiger partial charge in [-0.2, -0.15) is 0 Å². The predicted molar refractivity (Wildman–Crippen MR) is 590 cm³/mol. The summed E-state index contributed by atoms with van der Waals surface area (Å²) in [6.45, 7) is 2.10. The third kappa shape index (κ3) is 14.1. The summed E-state index contributed by atoms with van der Waals surface area (Å²) >= 11 is 0. The first kappa shape index (κ1) is 82.5. The number of hydrogen-bond donors (Lipinski definition) is 0. The lowest BCUT2D eigenvalue weighted by molar-refractivity contribution is 0.667. The molecule has 0 N–H and O–H groups in total. The second-order valence-electron chi connectivity index (χ2n) is 36.5. The zero-order valence-corrected chi connectivity index (χ0v) is 77.0. The molecule has 23 aromatic carbocycles. The highest BCUT2D eigenvalue weighted by Crippen LogP contribution is 2.51. The van der Waals surface area contributed by atoms with E-state index in [9.17, 15) is 0 Å². The largest absolute Gasteiger partial charge is 0.455 e. The Morgan fingerprint density at radius 1 is 0.134 bits per heavy atom. The average Bonchev–Trinajstić information content (AvgIpc) is 1.34. The molecule has 0 spiro atoms. The van der Waals surface area contributed by atoms with Crippen LogP contribution in [-0.2, 0) is 0 Å². The summed E-state index contributed by atoms with van der Waals surface area (Å²) in [4.78, 5) is 28.4.